The highest BCUT2D eigenvalue weighted by molar-refractivity contribution is 5.85. The fourth-order valence-corrected chi connectivity index (χ4v) is 4.03. The lowest BCUT2D eigenvalue weighted by atomic mass is 9.77. The number of hydrogen-bond acceptors (Lipinski definition) is 2. The van der Waals surface area contributed by atoms with Gasteiger partial charge in [-0.1, -0.05) is 30.3 Å². The molecule has 0 unspecified atom stereocenters. The SMILES string of the molecule is CN1[C@H]2CC[C@@H]1[C@@H](Cc1ccccc1)[C@@H](C(=O)O)C2.Cl. The van der Waals surface area contributed by atoms with Crippen LogP contribution in [0.15, 0.2) is 30.3 Å². The fourth-order valence-electron chi connectivity index (χ4n) is 4.03. The Hall–Kier alpha value is -1.06. The van der Waals surface area contributed by atoms with Crippen molar-refractivity contribution in [2.45, 2.75) is 37.8 Å². The molecule has 2 fully saturated rings. The Bertz CT molecular complexity index is 465. The maximum atomic E-state index is 11.6. The topological polar surface area (TPSA) is 40.5 Å². The summed E-state index contributed by atoms with van der Waals surface area (Å²) in [6, 6.07) is 11.2. The molecule has 2 saturated heterocycles. The molecule has 1 N–H and O–H groups in total. The lowest BCUT2D eigenvalue weighted by molar-refractivity contribution is -0.147. The van der Waals surface area contributed by atoms with Gasteiger partial charge in [-0.3, -0.25) is 4.79 Å². The van der Waals surface area contributed by atoms with Crippen molar-refractivity contribution < 1.29 is 9.90 Å². The molecular formula is C16H22ClNO2. The van der Waals surface area contributed by atoms with Gasteiger partial charge < -0.3 is 10.0 Å². The van der Waals surface area contributed by atoms with Gasteiger partial charge in [-0.2, -0.15) is 0 Å². The van der Waals surface area contributed by atoms with Crippen molar-refractivity contribution in [1.82, 2.24) is 4.90 Å². The molecule has 0 saturated carbocycles. The summed E-state index contributed by atoms with van der Waals surface area (Å²) >= 11 is 0. The fraction of sp³-hybridized carbons (Fsp3) is 0.562. The minimum Gasteiger partial charge on any atom is -0.481 e. The van der Waals surface area contributed by atoms with Gasteiger partial charge in [0.25, 0.3) is 0 Å². The molecule has 2 heterocycles. The van der Waals surface area contributed by atoms with Gasteiger partial charge in [-0.05, 0) is 44.2 Å². The second-order valence-corrected chi connectivity index (χ2v) is 6.00. The third-order valence-electron chi connectivity index (χ3n) is 5.06. The maximum Gasteiger partial charge on any atom is 0.306 e. The van der Waals surface area contributed by atoms with Crippen molar-refractivity contribution in [3.63, 3.8) is 0 Å². The summed E-state index contributed by atoms with van der Waals surface area (Å²) in [6.07, 6.45) is 4.03. The summed E-state index contributed by atoms with van der Waals surface area (Å²) in [5.74, 6) is -0.525. The Morgan fingerprint density at radius 2 is 2.00 bits per heavy atom. The zero-order valence-electron chi connectivity index (χ0n) is 11.7. The molecule has 2 aliphatic rings. The van der Waals surface area contributed by atoms with Crippen LogP contribution in [0.3, 0.4) is 0 Å². The standard InChI is InChI=1S/C16H21NO2.ClH/c1-17-12-7-8-15(17)13(14(10-12)16(18)19)9-11-5-3-2-4-6-11;/h2-6,12-15H,7-10H2,1H3,(H,18,19);1H/t12-,13-,14-,15+;/m0./s1. The van der Waals surface area contributed by atoms with Gasteiger partial charge in [0.1, 0.15) is 0 Å². The Morgan fingerprint density at radius 3 is 2.65 bits per heavy atom. The normalized spacial score (nSPS) is 32.6. The van der Waals surface area contributed by atoms with Crippen molar-refractivity contribution in [2.75, 3.05) is 7.05 Å². The maximum absolute atomic E-state index is 11.6. The number of hydrogen-bond donors (Lipinski definition) is 1. The Kier molecular flexibility index (Phi) is 4.71. The molecule has 4 heteroatoms. The summed E-state index contributed by atoms with van der Waals surface area (Å²) in [5.41, 5.74) is 1.26. The van der Waals surface area contributed by atoms with Crippen molar-refractivity contribution >= 4 is 18.4 Å². The number of halogens is 1. The van der Waals surface area contributed by atoms with Crippen LogP contribution in [0.2, 0.25) is 0 Å². The second kappa shape index (κ2) is 6.15. The lowest BCUT2D eigenvalue weighted by Gasteiger charge is -2.41. The summed E-state index contributed by atoms with van der Waals surface area (Å²) in [5, 5.41) is 9.52. The van der Waals surface area contributed by atoms with Crippen LogP contribution in [0.5, 0.6) is 0 Å². The highest BCUT2D eigenvalue weighted by Gasteiger charge is 2.47. The molecular weight excluding hydrogens is 274 g/mol. The smallest absolute Gasteiger partial charge is 0.306 e. The lowest BCUT2D eigenvalue weighted by Crippen LogP contribution is -2.49. The average Bonchev–Trinajstić information content (AvgIpc) is 2.65. The molecule has 3 nitrogen and oxygen atoms in total. The molecule has 110 valence electrons. The number of fused-ring (bicyclic) bond motifs is 2. The highest BCUT2D eigenvalue weighted by Crippen LogP contribution is 2.42. The molecule has 2 aliphatic heterocycles. The molecule has 0 aromatic heterocycles. The van der Waals surface area contributed by atoms with E-state index in [2.05, 4.69) is 24.1 Å². The van der Waals surface area contributed by atoms with E-state index in [1.165, 1.54) is 5.56 Å². The molecule has 0 radical (unpaired) electrons. The number of piperidine rings is 1. The minimum absolute atomic E-state index is 0. The van der Waals surface area contributed by atoms with E-state index in [9.17, 15) is 9.90 Å². The number of aliphatic carboxylic acids is 1. The van der Waals surface area contributed by atoms with Crippen LogP contribution in [-0.4, -0.2) is 35.1 Å². The highest BCUT2D eigenvalue weighted by atomic mass is 35.5. The van der Waals surface area contributed by atoms with Crippen LogP contribution in [0.1, 0.15) is 24.8 Å². The average molecular weight is 296 g/mol. The van der Waals surface area contributed by atoms with E-state index in [1.807, 2.05) is 18.2 Å². The quantitative estimate of drug-likeness (QED) is 0.932. The van der Waals surface area contributed by atoms with Crippen LogP contribution in [-0.2, 0) is 11.2 Å². The molecule has 0 spiro atoms. The number of carboxylic acid groups (broad SMARTS) is 1. The Balaban J connectivity index is 0.00000147. The predicted molar refractivity (Wildman–Crippen MR) is 81.2 cm³/mol. The van der Waals surface area contributed by atoms with E-state index in [1.54, 1.807) is 0 Å². The third-order valence-corrected chi connectivity index (χ3v) is 5.06. The van der Waals surface area contributed by atoms with Gasteiger partial charge in [0.05, 0.1) is 5.92 Å². The van der Waals surface area contributed by atoms with Crippen molar-refractivity contribution in [1.29, 1.82) is 0 Å². The van der Waals surface area contributed by atoms with E-state index >= 15 is 0 Å². The van der Waals surface area contributed by atoms with Gasteiger partial charge in [0.15, 0.2) is 0 Å². The Morgan fingerprint density at radius 1 is 1.30 bits per heavy atom. The molecule has 20 heavy (non-hydrogen) atoms. The molecule has 0 aliphatic carbocycles. The van der Waals surface area contributed by atoms with Gasteiger partial charge in [-0.15, -0.1) is 12.4 Å². The van der Waals surface area contributed by atoms with Crippen LogP contribution in [0.25, 0.3) is 0 Å². The number of nitrogens with zero attached hydrogens (tertiary/aromatic N) is 1. The van der Waals surface area contributed by atoms with Gasteiger partial charge >= 0.3 is 5.97 Å². The van der Waals surface area contributed by atoms with Crippen molar-refractivity contribution in [3.8, 4) is 0 Å². The van der Waals surface area contributed by atoms with Crippen molar-refractivity contribution in [3.05, 3.63) is 35.9 Å². The summed E-state index contributed by atoms with van der Waals surface area (Å²) in [7, 11) is 2.17. The van der Waals surface area contributed by atoms with E-state index in [4.69, 9.17) is 0 Å². The second-order valence-electron chi connectivity index (χ2n) is 6.00. The monoisotopic (exact) mass is 295 g/mol. The van der Waals surface area contributed by atoms with Crippen LogP contribution < -0.4 is 0 Å². The first-order valence-corrected chi connectivity index (χ1v) is 7.15. The predicted octanol–water partition coefficient (Wildman–Crippen LogP) is 2.83. The number of carbonyl (C=O) groups is 1. The zero-order chi connectivity index (χ0) is 13.4. The van der Waals surface area contributed by atoms with Crippen LogP contribution >= 0.6 is 12.4 Å². The van der Waals surface area contributed by atoms with Crippen LogP contribution in [0, 0.1) is 11.8 Å². The number of carboxylic acids is 1. The van der Waals surface area contributed by atoms with Gasteiger partial charge in [-0.25, -0.2) is 0 Å². The number of benzene rings is 1. The number of rotatable bonds is 3. The molecule has 0 amide bonds. The molecule has 1 aromatic rings. The minimum atomic E-state index is -0.606. The first-order valence-electron chi connectivity index (χ1n) is 7.15. The zero-order valence-corrected chi connectivity index (χ0v) is 12.6. The molecule has 2 bridgehead atoms. The van der Waals surface area contributed by atoms with E-state index < -0.39 is 5.97 Å². The molecule has 3 rings (SSSR count). The molecule has 1 aromatic carbocycles. The first-order chi connectivity index (χ1) is 9.16. The largest absolute Gasteiger partial charge is 0.481 e. The van der Waals surface area contributed by atoms with E-state index in [0.29, 0.717) is 12.1 Å². The summed E-state index contributed by atoms with van der Waals surface area (Å²) in [6.45, 7) is 0. The van der Waals surface area contributed by atoms with E-state index in [0.717, 1.165) is 25.7 Å². The van der Waals surface area contributed by atoms with E-state index in [-0.39, 0.29) is 24.2 Å². The first kappa shape index (κ1) is 15.3. The summed E-state index contributed by atoms with van der Waals surface area (Å²) < 4.78 is 0. The van der Waals surface area contributed by atoms with Crippen molar-refractivity contribution in [2.24, 2.45) is 11.8 Å². The van der Waals surface area contributed by atoms with Gasteiger partial charge in [0.2, 0.25) is 0 Å². The third kappa shape index (κ3) is 2.70. The van der Waals surface area contributed by atoms with Crippen LogP contribution in [0.4, 0.5) is 0 Å². The molecule has 4 atom stereocenters. The summed E-state index contributed by atoms with van der Waals surface area (Å²) in [4.78, 5) is 14.0. The van der Waals surface area contributed by atoms with Gasteiger partial charge in [0, 0.05) is 12.1 Å². The Labute approximate surface area is 126 Å².